The van der Waals surface area contributed by atoms with Gasteiger partial charge < -0.3 is 25.2 Å². The molecule has 2 N–H and O–H groups in total. The lowest BCUT2D eigenvalue weighted by molar-refractivity contribution is 0.281. The lowest BCUT2D eigenvalue weighted by Gasteiger charge is -2.20. The van der Waals surface area contributed by atoms with Crippen LogP contribution in [0.4, 0.5) is 5.69 Å². The number of hydrogen-bond donors (Lipinski definition) is 2. The summed E-state index contributed by atoms with van der Waals surface area (Å²) >= 11 is 0. The summed E-state index contributed by atoms with van der Waals surface area (Å²) in [5.74, 6) is 1.80. The molecule has 1 aliphatic rings. The van der Waals surface area contributed by atoms with Crippen LogP contribution in [0.5, 0.6) is 5.75 Å². The monoisotopic (exact) mass is 551 g/mol. The Morgan fingerprint density at radius 2 is 1.88 bits per heavy atom. The fourth-order valence-corrected chi connectivity index (χ4v) is 3.70. The van der Waals surface area contributed by atoms with E-state index in [0.29, 0.717) is 12.6 Å². The Labute approximate surface area is 210 Å². The lowest BCUT2D eigenvalue weighted by atomic mass is 10.2. The zero-order valence-corrected chi connectivity index (χ0v) is 21.9. The van der Waals surface area contributed by atoms with Crippen molar-refractivity contribution in [3.8, 4) is 5.75 Å². The van der Waals surface area contributed by atoms with Crippen molar-refractivity contribution in [3.63, 3.8) is 0 Å². The van der Waals surface area contributed by atoms with Crippen molar-refractivity contribution in [3.05, 3.63) is 60.2 Å². The van der Waals surface area contributed by atoms with Gasteiger partial charge in [-0.25, -0.2) is 4.99 Å². The minimum atomic E-state index is 0. The van der Waals surface area contributed by atoms with E-state index in [0.717, 1.165) is 57.3 Å². The van der Waals surface area contributed by atoms with Crippen molar-refractivity contribution >= 4 is 35.6 Å². The summed E-state index contributed by atoms with van der Waals surface area (Å²) in [6.45, 7) is 7.44. The Bertz CT molecular complexity index is 798. The zero-order chi connectivity index (χ0) is 21.9. The van der Waals surface area contributed by atoms with E-state index in [9.17, 15) is 0 Å². The molecule has 0 amide bonds. The molecule has 0 bridgehead atoms. The van der Waals surface area contributed by atoms with Crippen molar-refractivity contribution in [2.24, 2.45) is 4.99 Å². The second kappa shape index (κ2) is 14.2. The summed E-state index contributed by atoms with van der Waals surface area (Å²) in [4.78, 5) is 9.40. The maximum atomic E-state index is 5.82. The van der Waals surface area contributed by atoms with Crippen molar-refractivity contribution in [2.75, 3.05) is 51.8 Å². The number of guanidine groups is 1. The molecule has 2 aromatic rings. The predicted octanol–water partition coefficient (Wildman–Crippen LogP) is 3.97. The number of para-hydroxylation sites is 1. The van der Waals surface area contributed by atoms with Gasteiger partial charge >= 0.3 is 0 Å². The normalized spacial score (nSPS) is 16.1. The molecule has 1 heterocycles. The van der Waals surface area contributed by atoms with Gasteiger partial charge in [-0.15, -0.1) is 24.0 Å². The molecule has 32 heavy (non-hydrogen) atoms. The van der Waals surface area contributed by atoms with E-state index in [1.807, 2.05) is 12.1 Å². The molecule has 1 unspecified atom stereocenters. The Balaban J connectivity index is 0.00000363. The number of aliphatic imine (C=N–C) groups is 1. The number of halogens is 1. The highest BCUT2D eigenvalue weighted by molar-refractivity contribution is 14.0. The van der Waals surface area contributed by atoms with Gasteiger partial charge in [0.05, 0.1) is 13.2 Å². The Morgan fingerprint density at radius 3 is 2.56 bits per heavy atom. The van der Waals surface area contributed by atoms with Gasteiger partial charge in [-0.1, -0.05) is 30.3 Å². The van der Waals surface area contributed by atoms with Crippen molar-refractivity contribution < 1.29 is 4.74 Å². The summed E-state index contributed by atoms with van der Waals surface area (Å²) in [6.07, 6.45) is 2.14. The third kappa shape index (κ3) is 8.86. The average Bonchev–Trinajstić information content (AvgIpc) is 3.25. The van der Waals surface area contributed by atoms with Gasteiger partial charge in [0.2, 0.25) is 0 Å². The highest BCUT2D eigenvalue weighted by atomic mass is 127. The highest BCUT2D eigenvalue weighted by Crippen LogP contribution is 2.19. The van der Waals surface area contributed by atoms with Gasteiger partial charge in [0.25, 0.3) is 0 Å². The topological polar surface area (TPSA) is 52.1 Å². The molecule has 6 nitrogen and oxygen atoms in total. The van der Waals surface area contributed by atoms with E-state index in [4.69, 9.17) is 9.73 Å². The molecule has 0 aliphatic carbocycles. The number of nitrogens with zero attached hydrogens (tertiary/aromatic N) is 3. The molecule has 3 rings (SSSR count). The zero-order valence-electron chi connectivity index (χ0n) is 19.6. The number of rotatable bonds is 10. The maximum absolute atomic E-state index is 5.82. The van der Waals surface area contributed by atoms with Crippen molar-refractivity contribution in [1.82, 2.24) is 15.5 Å². The maximum Gasteiger partial charge on any atom is 0.191 e. The van der Waals surface area contributed by atoms with Crippen LogP contribution in [0.1, 0.15) is 25.3 Å². The van der Waals surface area contributed by atoms with E-state index in [1.165, 1.54) is 11.3 Å². The van der Waals surface area contributed by atoms with Gasteiger partial charge in [-0.2, -0.15) is 0 Å². The first-order valence-electron chi connectivity index (χ1n) is 11.4. The van der Waals surface area contributed by atoms with Crippen molar-refractivity contribution in [2.45, 2.75) is 32.4 Å². The van der Waals surface area contributed by atoms with Gasteiger partial charge in [0.1, 0.15) is 5.75 Å². The number of nitrogens with one attached hydrogen (secondary N) is 2. The minimum absolute atomic E-state index is 0. The van der Waals surface area contributed by atoms with Crippen LogP contribution in [0.25, 0.3) is 0 Å². The van der Waals surface area contributed by atoms with Crippen LogP contribution in [-0.4, -0.2) is 63.8 Å². The Morgan fingerprint density at radius 1 is 1.12 bits per heavy atom. The minimum Gasteiger partial charge on any atom is -0.494 e. The molecule has 0 radical (unpaired) electrons. The summed E-state index contributed by atoms with van der Waals surface area (Å²) in [7, 11) is 4.16. The van der Waals surface area contributed by atoms with Crippen LogP contribution in [0.2, 0.25) is 0 Å². The first kappa shape index (κ1) is 26.3. The van der Waals surface area contributed by atoms with E-state index in [-0.39, 0.29) is 24.0 Å². The Kier molecular flexibility index (Phi) is 11.7. The molecule has 1 aliphatic heterocycles. The van der Waals surface area contributed by atoms with Crippen molar-refractivity contribution in [1.29, 1.82) is 0 Å². The average molecular weight is 552 g/mol. The molecule has 1 fully saturated rings. The van der Waals surface area contributed by atoms with E-state index in [2.05, 4.69) is 83.9 Å². The van der Waals surface area contributed by atoms with Crippen LogP contribution in [0, 0.1) is 0 Å². The molecule has 7 heteroatoms. The molecule has 0 aromatic heterocycles. The third-order valence-corrected chi connectivity index (χ3v) is 5.36. The van der Waals surface area contributed by atoms with E-state index >= 15 is 0 Å². The standard InChI is InChI=1S/C25H37N5O.HI/c1-4-26-25(28-22-15-17-30(20-22)23-9-6-5-7-10-23)27-19-21-11-13-24(14-12-21)31-18-8-16-29(2)3;/h5-7,9-14,22H,4,8,15-20H2,1-3H3,(H2,26,27,28);1H. The van der Waals surface area contributed by atoms with Gasteiger partial charge in [-0.05, 0) is 63.7 Å². The van der Waals surface area contributed by atoms with E-state index < -0.39 is 0 Å². The molecular weight excluding hydrogens is 513 g/mol. The fraction of sp³-hybridized carbons (Fsp3) is 0.480. The second-order valence-electron chi connectivity index (χ2n) is 8.26. The molecule has 1 saturated heterocycles. The molecule has 0 saturated carbocycles. The lowest BCUT2D eigenvalue weighted by Crippen LogP contribution is -2.44. The SMILES string of the molecule is CCNC(=NCc1ccc(OCCCN(C)C)cc1)NC1CCN(c2ccccc2)C1.I. The van der Waals surface area contributed by atoms with Crippen LogP contribution in [-0.2, 0) is 6.54 Å². The summed E-state index contributed by atoms with van der Waals surface area (Å²) in [6, 6.07) is 19.3. The molecule has 1 atom stereocenters. The van der Waals surface area contributed by atoms with E-state index in [1.54, 1.807) is 0 Å². The number of hydrogen-bond acceptors (Lipinski definition) is 4. The molecule has 0 spiro atoms. The Hall–Kier alpha value is -2.00. The number of benzene rings is 2. The summed E-state index contributed by atoms with van der Waals surface area (Å²) in [5.41, 5.74) is 2.47. The predicted molar refractivity (Wildman–Crippen MR) is 146 cm³/mol. The first-order valence-corrected chi connectivity index (χ1v) is 11.4. The second-order valence-corrected chi connectivity index (χ2v) is 8.26. The summed E-state index contributed by atoms with van der Waals surface area (Å²) in [5, 5.41) is 6.99. The number of ether oxygens (including phenoxy) is 1. The van der Waals surface area contributed by atoms with Crippen LogP contribution in [0.15, 0.2) is 59.6 Å². The van der Waals surface area contributed by atoms with Gasteiger partial charge in [0.15, 0.2) is 5.96 Å². The smallest absolute Gasteiger partial charge is 0.191 e. The fourth-order valence-electron chi connectivity index (χ4n) is 3.70. The van der Waals surface area contributed by atoms with Crippen LogP contribution < -0.4 is 20.3 Å². The molecule has 2 aromatic carbocycles. The highest BCUT2D eigenvalue weighted by Gasteiger charge is 2.23. The molecular formula is C25H38IN5O. The van der Waals surface area contributed by atoms with Crippen LogP contribution in [0.3, 0.4) is 0 Å². The quantitative estimate of drug-likeness (QED) is 0.203. The first-order chi connectivity index (χ1) is 15.1. The third-order valence-electron chi connectivity index (χ3n) is 5.36. The van der Waals surface area contributed by atoms with Crippen LogP contribution >= 0.6 is 24.0 Å². The number of anilines is 1. The molecule has 176 valence electrons. The summed E-state index contributed by atoms with van der Waals surface area (Å²) < 4.78 is 5.82. The van der Waals surface area contributed by atoms with Gasteiger partial charge in [0, 0.05) is 37.9 Å². The van der Waals surface area contributed by atoms with Gasteiger partial charge in [-0.3, -0.25) is 0 Å². The largest absolute Gasteiger partial charge is 0.494 e.